The highest BCUT2D eigenvalue weighted by atomic mass is 15.2. The summed E-state index contributed by atoms with van der Waals surface area (Å²) < 4.78 is 0. The molecule has 4 rings (SSSR count). The first kappa shape index (κ1) is 17.5. The van der Waals surface area contributed by atoms with Gasteiger partial charge in [-0.15, -0.1) is 0 Å². The highest BCUT2D eigenvalue weighted by Gasteiger charge is 2.44. The van der Waals surface area contributed by atoms with Gasteiger partial charge in [0.15, 0.2) is 0 Å². The molecule has 0 amide bonds. The molecule has 0 radical (unpaired) electrons. The van der Waals surface area contributed by atoms with E-state index in [1.54, 1.807) is 0 Å². The van der Waals surface area contributed by atoms with Crippen molar-refractivity contribution in [1.29, 1.82) is 5.26 Å². The summed E-state index contributed by atoms with van der Waals surface area (Å²) in [5, 5.41) is 9.02. The molecule has 1 aliphatic rings. The quantitative estimate of drug-likeness (QED) is 0.650. The van der Waals surface area contributed by atoms with Crippen LogP contribution in [0.3, 0.4) is 0 Å². The fourth-order valence-electron chi connectivity index (χ4n) is 4.43. The molecule has 2 heteroatoms. The molecule has 0 spiro atoms. The van der Waals surface area contributed by atoms with Crippen LogP contribution in [-0.4, -0.2) is 17.5 Å². The molecule has 1 saturated heterocycles. The third kappa shape index (κ3) is 3.39. The Hall–Kier alpha value is -2.89. The number of benzene rings is 3. The van der Waals surface area contributed by atoms with E-state index in [-0.39, 0.29) is 5.41 Å². The van der Waals surface area contributed by atoms with E-state index in [2.05, 4.69) is 90.7 Å². The topological polar surface area (TPSA) is 27.0 Å². The van der Waals surface area contributed by atoms with Gasteiger partial charge in [-0.1, -0.05) is 72.8 Å². The SMILES string of the molecule is CC1CC(c2ccccc2)(c2ccccc2)CN1Cc1ccc(C#N)cc1. The summed E-state index contributed by atoms with van der Waals surface area (Å²) in [7, 11) is 0. The van der Waals surface area contributed by atoms with Gasteiger partial charge in [0.2, 0.25) is 0 Å². The number of nitriles is 1. The zero-order valence-corrected chi connectivity index (χ0v) is 15.7. The summed E-state index contributed by atoms with van der Waals surface area (Å²) in [5.41, 5.74) is 4.79. The van der Waals surface area contributed by atoms with Gasteiger partial charge >= 0.3 is 0 Å². The Bertz CT molecular complexity index is 884. The molecule has 0 saturated carbocycles. The molecule has 0 N–H and O–H groups in total. The smallest absolute Gasteiger partial charge is 0.0991 e. The van der Waals surface area contributed by atoms with E-state index in [0.29, 0.717) is 6.04 Å². The number of hydrogen-bond donors (Lipinski definition) is 0. The lowest BCUT2D eigenvalue weighted by atomic mass is 9.73. The van der Waals surface area contributed by atoms with Crippen molar-refractivity contribution in [2.75, 3.05) is 6.54 Å². The molecular weight excluding hydrogens is 328 g/mol. The zero-order chi connectivity index (χ0) is 18.7. The van der Waals surface area contributed by atoms with Crippen LogP contribution in [0.1, 0.15) is 35.6 Å². The van der Waals surface area contributed by atoms with Gasteiger partial charge < -0.3 is 0 Å². The predicted molar refractivity (Wildman–Crippen MR) is 109 cm³/mol. The standard InChI is InChI=1S/C25H24N2/c1-20-16-25(23-8-4-2-5-9-23,24-10-6-3-7-11-24)19-27(20)18-22-14-12-21(17-26)13-15-22/h2-15,20H,16,18-19H2,1H3. The van der Waals surface area contributed by atoms with E-state index in [4.69, 9.17) is 5.26 Å². The van der Waals surface area contributed by atoms with E-state index in [1.807, 2.05) is 12.1 Å². The molecule has 1 unspecified atom stereocenters. The summed E-state index contributed by atoms with van der Waals surface area (Å²) in [6.07, 6.45) is 1.11. The van der Waals surface area contributed by atoms with Crippen LogP contribution in [0.25, 0.3) is 0 Å². The van der Waals surface area contributed by atoms with Gasteiger partial charge in [-0.05, 0) is 42.2 Å². The first-order chi connectivity index (χ1) is 13.2. The zero-order valence-electron chi connectivity index (χ0n) is 15.7. The van der Waals surface area contributed by atoms with Crippen molar-refractivity contribution >= 4 is 0 Å². The van der Waals surface area contributed by atoms with Crippen LogP contribution < -0.4 is 0 Å². The summed E-state index contributed by atoms with van der Waals surface area (Å²) in [5.74, 6) is 0. The van der Waals surface area contributed by atoms with Crippen LogP contribution in [0.5, 0.6) is 0 Å². The van der Waals surface area contributed by atoms with Gasteiger partial charge in [0, 0.05) is 24.5 Å². The molecule has 1 aliphatic heterocycles. The Balaban J connectivity index is 1.67. The maximum Gasteiger partial charge on any atom is 0.0991 e. The van der Waals surface area contributed by atoms with Gasteiger partial charge in [0.05, 0.1) is 11.6 Å². The van der Waals surface area contributed by atoms with Crippen molar-refractivity contribution in [2.24, 2.45) is 0 Å². The minimum absolute atomic E-state index is 0.0224. The summed E-state index contributed by atoms with van der Waals surface area (Å²) in [4.78, 5) is 2.57. The molecule has 27 heavy (non-hydrogen) atoms. The Labute approximate surface area is 161 Å². The lowest BCUT2D eigenvalue weighted by molar-refractivity contribution is 0.255. The largest absolute Gasteiger partial charge is 0.295 e. The van der Waals surface area contributed by atoms with E-state index >= 15 is 0 Å². The second kappa shape index (κ2) is 7.39. The summed E-state index contributed by atoms with van der Waals surface area (Å²) in [6.45, 7) is 4.24. The van der Waals surface area contributed by atoms with Crippen molar-refractivity contribution in [3.63, 3.8) is 0 Å². The van der Waals surface area contributed by atoms with Crippen molar-refractivity contribution in [3.05, 3.63) is 107 Å². The normalized spacial score (nSPS) is 18.9. The number of rotatable bonds is 4. The molecule has 0 aliphatic carbocycles. The highest BCUT2D eigenvalue weighted by molar-refractivity contribution is 5.42. The monoisotopic (exact) mass is 352 g/mol. The van der Waals surface area contributed by atoms with Crippen LogP contribution in [0, 0.1) is 11.3 Å². The van der Waals surface area contributed by atoms with E-state index in [9.17, 15) is 0 Å². The van der Waals surface area contributed by atoms with E-state index in [0.717, 1.165) is 25.1 Å². The molecular formula is C25H24N2. The maximum atomic E-state index is 9.02. The lowest BCUT2D eigenvalue weighted by Crippen LogP contribution is -2.32. The van der Waals surface area contributed by atoms with Crippen LogP contribution in [0.4, 0.5) is 0 Å². The van der Waals surface area contributed by atoms with Crippen LogP contribution in [-0.2, 0) is 12.0 Å². The minimum atomic E-state index is 0.0224. The average molecular weight is 352 g/mol. The first-order valence-electron chi connectivity index (χ1n) is 9.55. The molecule has 0 aromatic heterocycles. The fraction of sp³-hybridized carbons (Fsp3) is 0.240. The Morgan fingerprint density at radius 3 is 1.96 bits per heavy atom. The van der Waals surface area contributed by atoms with Crippen molar-refractivity contribution in [1.82, 2.24) is 4.90 Å². The third-order valence-corrected chi connectivity index (χ3v) is 5.86. The predicted octanol–water partition coefficient (Wildman–Crippen LogP) is 5.14. The van der Waals surface area contributed by atoms with E-state index in [1.165, 1.54) is 16.7 Å². The molecule has 3 aromatic carbocycles. The van der Waals surface area contributed by atoms with Crippen molar-refractivity contribution in [3.8, 4) is 6.07 Å². The molecule has 0 bridgehead atoms. The molecule has 1 fully saturated rings. The minimum Gasteiger partial charge on any atom is -0.295 e. The molecule has 1 atom stereocenters. The van der Waals surface area contributed by atoms with Gasteiger partial charge in [-0.2, -0.15) is 5.26 Å². The van der Waals surface area contributed by atoms with Gasteiger partial charge in [-0.3, -0.25) is 4.90 Å². The van der Waals surface area contributed by atoms with Crippen LogP contribution >= 0.6 is 0 Å². The maximum absolute atomic E-state index is 9.02. The van der Waals surface area contributed by atoms with Crippen molar-refractivity contribution < 1.29 is 0 Å². The Morgan fingerprint density at radius 2 is 1.44 bits per heavy atom. The first-order valence-corrected chi connectivity index (χ1v) is 9.55. The number of nitrogens with zero attached hydrogens (tertiary/aromatic N) is 2. The van der Waals surface area contributed by atoms with Gasteiger partial charge in [0.25, 0.3) is 0 Å². The van der Waals surface area contributed by atoms with Gasteiger partial charge in [-0.25, -0.2) is 0 Å². The second-order valence-corrected chi connectivity index (χ2v) is 7.58. The fourth-order valence-corrected chi connectivity index (χ4v) is 4.43. The van der Waals surface area contributed by atoms with Crippen LogP contribution in [0.15, 0.2) is 84.9 Å². The van der Waals surface area contributed by atoms with E-state index < -0.39 is 0 Å². The molecule has 2 nitrogen and oxygen atoms in total. The van der Waals surface area contributed by atoms with Gasteiger partial charge in [0.1, 0.15) is 0 Å². The van der Waals surface area contributed by atoms with Crippen molar-refractivity contribution in [2.45, 2.75) is 31.3 Å². The number of likely N-dealkylation sites (tertiary alicyclic amines) is 1. The number of hydrogen-bond acceptors (Lipinski definition) is 2. The molecule has 3 aromatic rings. The average Bonchev–Trinajstić information content (AvgIpc) is 3.07. The summed E-state index contributed by atoms with van der Waals surface area (Å²) in [6, 6.07) is 32.5. The lowest BCUT2D eigenvalue weighted by Gasteiger charge is -2.31. The summed E-state index contributed by atoms with van der Waals surface area (Å²) >= 11 is 0. The highest BCUT2D eigenvalue weighted by Crippen LogP contribution is 2.43. The third-order valence-electron chi connectivity index (χ3n) is 5.86. The molecule has 1 heterocycles. The van der Waals surface area contributed by atoms with Crippen LogP contribution in [0.2, 0.25) is 0 Å². The Kier molecular flexibility index (Phi) is 4.79. The Morgan fingerprint density at radius 1 is 0.889 bits per heavy atom. The molecule has 134 valence electrons. The second-order valence-electron chi connectivity index (χ2n) is 7.58.